The summed E-state index contributed by atoms with van der Waals surface area (Å²) in [5.74, 6) is 0.114. The van der Waals surface area contributed by atoms with E-state index in [9.17, 15) is 4.79 Å². The van der Waals surface area contributed by atoms with Crippen molar-refractivity contribution >= 4 is 17.2 Å². The molecule has 94 valence electrons. The number of carbonyl (C=O) groups excluding carboxylic acids is 1. The van der Waals surface area contributed by atoms with E-state index in [0.717, 1.165) is 32.7 Å². The lowest BCUT2D eigenvalue weighted by molar-refractivity contribution is -0.917. The van der Waals surface area contributed by atoms with Crippen LogP contribution in [0.25, 0.3) is 0 Å². The van der Waals surface area contributed by atoms with Crippen molar-refractivity contribution in [3.8, 4) is 0 Å². The maximum absolute atomic E-state index is 11.6. The van der Waals surface area contributed by atoms with Crippen molar-refractivity contribution in [2.24, 2.45) is 0 Å². The fourth-order valence-electron chi connectivity index (χ4n) is 2.12. The summed E-state index contributed by atoms with van der Waals surface area (Å²) in [4.78, 5) is 16.5. The topological polar surface area (TPSA) is 34.0 Å². The Morgan fingerprint density at radius 2 is 2.29 bits per heavy atom. The number of nitrogens with one attached hydrogen (secondary N) is 1. The third kappa shape index (κ3) is 3.52. The van der Waals surface area contributed by atoms with E-state index in [1.165, 1.54) is 4.88 Å². The van der Waals surface area contributed by atoms with Crippen LogP contribution >= 0.6 is 11.3 Å². The molecule has 17 heavy (non-hydrogen) atoms. The number of ether oxygens (including phenoxy) is 1. The highest BCUT2D eigenvalue weighted by molar-refractivity contribution is 7.09. The van der Waals surface area contributed by atoms with E-state index in [4.69, 9.17) is 4.74 Å². The zero-order valence-corrected chi connectivity index (χ0v) is 11.0. The van der Waals surface area contributed by atoms with Crippen molar-refractivity contribution in [3.63, 3.8) is 0 Å². The van der Waals surface area contributed by atoms with Gasteiger partial charge in [-0.25, -0.2) is 0 Å². The van der Waals surface area contributed by atoms with Gasteiger partial charge in [0, 0.05) is 7.11 Å². The first-order valence-corrected chi connectivity index (χ1v) is 6.80. The standard InChI is InChI=1S/C12H18N2O2S/c1-16-10-12(15)14-6-4-13(5-7-14)9-11-3-2-8-17-11/h2-3,8H,4-7,9-10H2,1H3/p+1. The van der Waals surface area contributed by atoms with Crippen molar-refractivity contribution < 1.29 is 14.4 Å². The molecular weight excluding hydrogens is 236 g/mol. The monoisotopic (exact) mass is 255 g/mol. The molecule has 0 atom stereocenters. The Balaban J connectivity index is 1.76. The predicted molar refractivity (Wildman–Crippen MR) is 67.2 cm³/mol. The molecule has 2 heterocycles. The zero-order valence-electron chi connectivity index (χ0n) is 10.1. The first kappa shape index (κ1) is 12.5. The largest absolute Gasteiger partial charge is 0.375 e. The SMILES string of the molecule is COCC(=O)N1CC[NH+](Cc2cccs2)CC1. The first-order valence-electron chi connectivity index (χ1n) is 5.92. The number of piperazine rings is 1. The molecule has 0 aliphatic carbocycles. The number of methoxy groups -OCH3 is 1. The molecule has 0 aromatic carbocycles. The van der Waals surface area contributed by atoms with Gasteiger partial charge in [-0.05, 0) is 11.4 Å². The number of thiophene rings is 1. The number of nitrogens with zero attached hydrogens (tertiary/aromatic N) is 1. The van der Waals surface area contributed by atoms with E-state index in [2.05, 4.69) is 17.5 Å². The second-order valence-corrected chi connectivity index (χ2v) is 5.35. The number of hydrogen-bond donors (Lipinski definition) is 1. The van der Waals surface area contributed by atoms with Crippen molar-refractivity contribution in [2.45, 2.75) is 6.54 Å². The van der Waals surface area contributed by atoms with Gasteiger partial charge in [-0.3, -0.25) is 4.79 Å². The van der Waals surface area contributed by atoms with Crippen molar-refractivity contribution in [2.75, 3.05) is 39.9 Å². The minimum absolute atomic E-state index is 0.114. The van der Waals surface area contributed by atoms with Gasteiger partial charge in [-0.2, -0.15) is 0 Å². The van der Waals surface area contributed by atoms with Gasteiger partial charge < -0.3 is 14.5 Å². The van der Waals surface area contributed by atoms with E-state index in [1.54, 1.807) is 12.0 Å². The van der Waals surface area contributed by atoms with E-state index in [-0.39, 0.29) is 12.5 Å². The van der Waals surface area contributed by atoms with E-state index < -0.39 is 0 Å². The van der Waals surface area contributed by atoms with Gasteiger partial charge in [-0.1, -0.05) is 6.07 Å². The molecule has 1 aromatic rings. The van der Waals surface area contributed by atoms with Gasteiger partial charge in [0.05, 0.1) is 31.1 Å². The lowest BCUT2D eigenvalue weighted by atomic mass is 10.3. The van der Waals surface area contributed by atoms with Crippen LogP contribution in [0.2, 0.25) is 0 Å². The molecule has 0 spiro atoms. The lowest BCUT2D eigenvalue weighted by Crippen LogP contribution is -3.13. The molecule has 4 nitrogen and oxygen atoms in total. The van der Waals surface area contributed by atoms with Crippen molar-refractivity contribution in [1.29, 1.82) is 0 Å². The van der Waals surface area contributed by atoms with E-state index in [1.807, 2.05) is 16.2 Å². The minimum Gasteiger partial charge on any atom is -0.375 e. The molecule has 1 aromatic heterocycles. The Morgan fingerprint density at radius 3 is 2.88 bits per heavy atom. The quantitative estimate of drug-likeness (QED) is 0.796. The second-order valence-electron chi connectivity index (χ2n) is 4.32. The van der Waals surface area contributed by atoms with Gasteiger partial charge in [-0.15, -0.1) is 11.3 Å². The Kier molecular flexibility index (Phi) is 4.53. The Morgan fingerprint density at radius 1 is 1.53 bits per heavy atom. The summed E-state index contributed by atoms with van der Waals surface area (Å²) in [5, 5.41) is 2.12. The summed E-state index contributed by atoms with van der Waals surface area (Å²) >= 11 is 1.81. The average molecular weight is 255 g/mol. The number of amides is 1. The Hall–Kier alpha value is -0.910. The van der Waals surface area contributed by atoms with E-state index in [0.29, 0.717) is 0 Å². The molecule has 0 bridgehead atoms. The molecule has 2 rings (SSSR count). The smallest absolute Gasteiger partial charge is 0.248 e. The number of hydrogen-bond acceptors (Lipinski definition) is 3. The van der Waals surface area contributed by atoms with Gasteiger partial charge in [0.2, 0.25) is 5.91 Å². The molecule has 5 heteroatoms. The highest BCUT2D eigenvalue weighted by Crippen LogP contribution is 2.06. The van der Waals surface area contributed by atoms with Gasteiger partial charge in [0.15, 0.2) is 0 Å². The molecule has 0 saturated carbocycles. The van der Waals surface area contributed by atoms with Gasteiger partial charge >= 0.3 is 0 Å². The molecule has 1 aliphatic rings. The minimum atomic E-state index is 0.114. The molecule has 1 aliphatic heterocycles. The summed E-state index contributed by atoms with van der Waals surface area (Å²) in [6.07, 6.45) is 0. The molecule has 1 amide bonds. The number of carbonyl (C=O) groups is 1. The van der Waals surface area contributed by atoms with Crippen LogP contribution in [0.4, 0.5) is 0 Å². The van der Waals surface area contributed by atoms with Crippen LogP contribution in [0.1, 0.15) is 4.88 Å². The number of quaternary nitrogens is 1. The summed E-state index contributed by atoms with van der Waals surface area (Å²) < 4.78 is 4.87. The maximum Gasteiger partial charge on any atom is 0.248 e. The molecule has 0 unspecified atom stereocenters. The highest BCUT2D eigenvalue weighted by Gasteiger charge is 2.23. The summed E-state index contributed by atoms with van der Waals surface area (Å²) in [6, 6.07) is 4.28. The molecule has 1 saturated heterocycles. The molecule has 1 N–H and O–H groups in total. The van der Waals surface area contributed by atoms with Crippen molar-refractivity contribution in [3.05, 3.63) is 22.4 Å². The van der Waals surface area contributed by atoms with Crippen LogP contribution in [-0.2, 0) is 16.1 Å². The average Bonchev–Trinajstić information content (AvgIpc) is 2.83. The van der Waals surface area contributed by atoms with Crippen LogP contribution < -0.4 is 4.90 Å². The van der Waals surface area contributed by atoms with Gasteiger partial charge in [0.25, 0.3) is 0 Å². The van der Waals surface area contributed by atoms with E-state index >= 15 is 0 Å². The Labute approximate surface area is 106 Å². The maximum atomic E-state index is 11.6. The summed E-state index contributed by atoms with van der Waals surface area (Å²) in [6.45, 7) is 5.07. The lowest BCUT2D eigenvalue weighted by Gasteiger charge is -2.31. The van der Waals surface area contributed by atoms with Crippen LogP contribution in [0, 0.1) is 0 Å². The number of rotatable bonds is 4. The summed E-state index contributed by atoms with van der Waals surface area (Å²) in [7, 11) is 1.57. The molecule has 1 fully saturated rings. The zero-order chi connectivity index (χ0) is 12.1. The van der Waals surface area contributed by atoms with Crippen molar-refractivity contribution in [1.82, 2.24) is 4.90 Å². The Bertz CT molecular complexity index is 345. The van der Waals surface area contributed by atoms with Gasteiger partial charge in [0.1, 0.15) is 13.2 Å². The van der Waals surface area contributed by atoms with Crippen LogP contribution in [0.15, 0.2) is 17.5 Å². The third-order valence-corrected chi connectivity index (χ3v) is 3.97. The van der Waals surface area contributed by atoms with Crippen LogP contribution in [0.5, 0.6) is 0 Å². The molecule has 0 radical (unpaired) electrons. The fourth-order valence-corrected chi connectivity index (χ4v) is 2.90. The third-order valence-electron chi connectivity index (χ3n) is 3.10. The summed E-state index contributed by atoms with van der Waals surface area (Å²) in [5.41, 5.74) is 0. The normalized spacial score (nSPS) is 17.4. The highest BCUT2D eigenvalue weighted by atomic mass is 32.1. The molecular formula is C12H19N2O2S+. The fraction of sp³-hybridized carbons (Fsp3) is 0.583. The van der Waals surface area contributed by atoms with Crippen LogP contribution in [0.3, 0.4) is 0 Å². The first-order chi connectivity index (χ1) is 8.29. The predicted octanol–water partition coefficient (Wildman–Crippen LogP) is -0.378. The van der Waals surface area contributed by atoms with Crippen LogP contribution in [-0.4, -0.2) is 50.7 Å². The second kappa shape index (κ2) is 6.14.